The molecule has 204 valence electrons. The standard InChI is InChI=1S/C31H47N3O3/c1-32(2)31(26-9-4-3-5-10-26)19-17-30(18-20-31)23-33(29(37)34(30)21-25-7-6-8-25)22-28(36)16-13-24-11-14-27(35)15-12-24/h3-5,9-10,24-25,27,35H,6-8,11-23H2,1-2H3. The van der Waals surface area contributed by atoms with E-state index in [4.69, 9.17) is 0 Å². The highest BCUT2D eigenvalue weighted by atomic mass is 16.3. The highest BCUT2D eigenvalue weighted by Gasteiger charge is 2.55. The number of rotatable bonds is 9. The zero-order chi connectivity index (χ0) is 26.0. The lowest BCUT2D eigenvalue weighted by Gasteiger charge is -2.51. The van der Waals surface area contributed by atoms with Gasteiger partial charge in [-0.2, -0.15) is 0 Å². The molecule has 0 atom stereocenters. The Morgan fingerprint density at radius 3 is 2.24 bits per heavy atom. The van der Waals surface area contributed by atoms with Crippen molar-refractivity contribution in [3.8, 4) is 0 Å². The number of Topliss-reactive ketones (excluding diaryl/α,β-unsaturated/α-hetero) is 1. The fraction of sp³-hybridized carbons (Fsp3) is 0.742. The average molecular weight is 510 g/mol. The van der Waals surface area contributed by atoms with Crippen molar-refractivity contribution in [2.75, 3.05) is 33.7 Å². The molecular weight excluding hydrogens is 462 g/mol. The topological polar surface area (TPSA) is 64.1 Å². The third-order valence-electron chi connectivity index (χ3n) is 10.4. The minimum Gasteiger partial charge on any atom is -0.393 e. The van der Waals surface area contributed by atoms with Crippen LogP contribution < -0.4 is 0 Å². The van der Waals surface area contributed by atoms with E-state index < -0.39 is 0 Å². The van der Waals surface area contributed by atoms with Crippen LogP contribution >= 0.6 is 0 Å². The molecule has 6 nitrogen and oxygen atoms in total. The van der Waals surface area contributed by atoms with Crippen LogP contribution in [0.5, 0.6) is 0 Å². The summed E-state index contributed by atoms with van der Waals surface area (Å²) < 4.78 is 0. The largest absolute Gasteiger partial charge is 0.393 e. The maximum Gasteiger partial charge on any atom is 0.321 e. The number of hydrogen-bond donors (Lipinski definition) is 1. The zero-order valence-corrected chi connectivity index (χ0v) is 23.0. The molecule has 0 aromatic heterocycles. The quantitative estimate of drug-likeness (QED) is 0.497. The molecule has 2 amide bonds. The molecule has 4 fully saturated rings. The Balaban J connectivity index is 1.26. The third kappa shape index (κ3) is 5.47. The average Bonchev–Trinajstić information content (AvgIpc) is 3.11. The van der Waals surface area contributed by atoms with Crippen molar-refractivity contribution in [2.24, 2.45) is 11.8 Å². The Kier molecular flexibility index (Phi) is 7.97. The van der Waals surface area contributed by atoms with E-state index in [1.807, 2.05) is 4.90 Å². The number of hydrogen-bond acceptors (Lipinski definition) is 4. The van der Waals surface area contributed by atoms with Gasteiger partial charge in [0.1, 0.15) is 0 Å². The monoisotopic (exact) mass is 509 g/mol. The first-order valence-corrected chi connectivity index (χ1v) is 14.8. The number of carbonyl (C=O) groups is 2. The normalized spacial score (nSPS) is 32.8. The molecule has 1 aliphatic heterocycles. The van der Waals surface area contributed by atoms with E-state index in [-0.39, 0.29) is 35.5 Å². The predicted octanol–water partition coefficient (Wildman–Crippen LogP) is 5.19. The summed E-state index contributed by atoms with van der Waals surface area (Å²) in [6, 6.07) is 11.0. The Labute approximate surface area is 223 Å². The van der Waals surface area contributed by atoms with Gasteiger partial charge in [-0.05, 0) is 102 Å². The van der Waals surface area contributed by atoms with Gasteiger partial charge in [-0.15, -0.1) is 0 Å². The van der Waals surface area contributed by atoms with Crippen LogP contribution in [0, 0.1) is 11.8 Å². The fourth-order valence-corrected chi connectivity index (χ4v) is 7.60. The van der Waals surface area contributed by atoms with Gasteiger partial charge < -0.3 is 14.9 Å². The van der Waals surface area contributed by atoms with Gasteiger partial charge in [0, 0.05) is 25.0 Å². The number of carbonyl (C=O) groups excluding carboxylic acids is 2. The van der Waals surface area contributed by atoms with Crippen LogP contribution in [-0.2, 0) is 10.3 Å². The molecule has 0 unspecified atom stereocenters. The molecule has 1 heterocycles. The van der Waals surface area contributed by atoms with Crippen LogP contribution in [-0.4, -0.2) is 77.0 Å². The van der Waals surface area contributed by atoms with Crippen molar-refractivity contribution in [2.45, 2.75) is 101 Å². The molecule has 1 saturated heterocycles. The van der Waals surface area contributed by atoms with Crippen molar-refractivity contribution < 1.29 is 14.7 Å². The van der Waals surface area contributed by atoms with Crippen molar-refractivity contribution >= 4 is 11.8 Å². The first kappa shape index (κ1) is 26.7. The lowest BCUT2D eigenvalue weighted by atomic mass is 9.68. The summed E-state index contributed by atoms with van der Waals surface area (Å²) >= 11 is 0. The number of ketones is 1. The van der Waals surface area contributed by atoms with E-state index in [1.165, 1.54) is 24.8 Å². The number of urea groups is 1. The molecule has 1 spiro atoms. The SMILES string of the molecule is CN(C)C1(c2ccccc2)CCC2(CC1)CN(CC(=O)CCC1CCC(O)CC1)C(=O)N2CC1CCC1. The number of nitrogens with zero attached hydrogens (tertiary/aromatic N) is 3. The Bertz CT molecular complexity index is 928. The van der Waals surface area contributed by atoms with Gasteiger partial charge in [0.15, 0.2) is 5.78 Å². The van der Waals surface area contributed by atoms with E-state index >= 15 is 0 Å². The van der Waals surface area contributed by atoms with Crippen LogP contribution in [0.1, 0.15) is 89.0 Å². The molecule has 5 rings (SSSR count). The summed E-state index contributed by atoms with van der Waals surface area (Å²) in [5, 5.41) is 9.76. The molecule has 3 saturated carbocycles. The van der Waals surface area contributed by atoms with Crippen molar-refractivity contribution in [1.82, 2.24) is 14.7 Å². The Morgan fingerprint density at radius 2 is 1.65 bits per heavy atom. The molecule has 6 heteroatoms. The summed E-state index contributed by atoms with van der Waals surface area (Å²) in [5.74, 6) is 1.36. The minimum atomic E-state index is -0.157. The first-order valence-electron chi connectivity index (χ1n) is 14.8. The lowest BCUT2D eigenvalue weighted by molar-refractivity contribution is -0.120. The summed E-state index contributed by atoms with van der Waals surface area (Å²) in [5.41, 5.74) is 1.21. The number of aliphatic hydroxyl groups is 1. The maximum atomic E-state index is 13.8. The van der Waals surface area contributed by atoms with Gasteiger partial charge in [-0.25, -0.2) is 4.79 Å². The summed E-state index contributed by atoms with van der Waals surface area (Å²) in [4.78, 5) is 33.3. The third-order valence-corrected chi connectivity index (χ3v) is 10.4. The predicted molar refractivity (Wildman–Crippen MR) is 146 cm³/mol. The molecule has 0 bridgehead atoms. The van der Waals surface area contributed by atoms with Crippen LogP contribution in [0.3, 0.4) is 0 Å². The number of benzene rings is 1. The van der Waals surface area contributed by atoms with Crippen LogP contribution in [0.25, 0.3) is 0 Å². The lowest BCUT2D eigenvalue weighted by Crippen LogP contribution is -2.56. The van der Waals surface area contributed by atoms with Crippen molar-refractivity contribution in [3.05, 3.63) is 35.9 Å². The van der Waals surface area contributed by atoms with Gasteiger partial charge in [-0.1, -0.05) is 36.8 Å². The van der Waals surface area contributed by atoms with E-state index in [0.29, 0.717) is 24.8 Å². The molecule has 4 aliphatic rings. The van der Waals surface area contributed by atoms with E-state index in [9.17, 15) is 14.7 Å². The van der Waals surface area contributed by atoms with Crippen LogP contribution in [0.15, 0.2) is 30.3 Å². The second-order valence-corrected chi connectivity index (χ2v) is 12.8. The molecule has 0 radical (unpaired) electrons. The second kappa shape index (κ2) is 11.1. The van der Waals surface area contributed by atoms with Crippen LogP contribution in [0.2, 0.25) is 0 Å². The summed E-state index contributed by atoms with van der Waals surface area (Å²) in [7, 11) is 4.38. The summed E-state index contributed by atoms with van der Waals surface area (Å²) in [6.07, 6.45) is 12.8. The minimum absolute atomic E-state index is 0.00545. The molecule has 1 aromatic carbocycles. The highest BCUT2D eigenvalue weighted by molar-refractivity contribution is 5.87. The fourth-order valence-electron chi connectivity index (χ4n) is 7.60. The molecule has 37 heavy (non-hydrogen) atoms. The van der Waals surface area contributed by atoms with Gasteiger partial charge in [0.05, 0.1) is 18.2 Å². The van der Waals surface area contributed by atoms with E-state index in [2.05, 4.69) is 54.2 Å². The second-order valence-electron chi connectivity index (χ2n) is 12.8. The number of amides is 2. The van der Waals surface area contributed by atoms with Crippen LogP contribution in [0.4, 0.5) is 4.79 Å². The summed E-state index contributed by atoms with van der Waals surface area (Å²) in [6.45, 7) is 1.81. The van der Waals surface area contributed by atoms with Gasteiger partial charge in [0.2, 0.25) is 0 Å². The zero-order valence-electron chi connectivity index (χ0n) is 23.0. The highest BCUT2D eigenvalue weighted by Crippen LogP contribution is 2.49. The van der Waals surface area contributed by atoms with Gasteiger partial charge >= 0.3 is 6.03 Å². The van der Waals surface area contributed by atoms with Crippen molar-refractivity contribution in [3.63, 3.8) is 0 Å². The molecule has 1 N–H and O–H groups in total. The van der Waals surface area contributed by atoms with E-state index in [1.54, 1.807) is 0 Å². The number of aliphatic hydroxyl groups excluding tert-OH is 1. The first-order chi connectivity index (χ1) is 17.8. The smallest absolute Gasteiger partial charge is 0.321 e. The molecular formula is C31H47N3O3. The van der Waals surface area contributed by atoms with Gasteiger partial charge in [0.25, 0.3) is 0 Å². The molecule has 1 aromatic rings. The van der Waals surface area contributed by atoms with Crippen molar-refractivity contribution in [1.29, 1.82) is 0 Å². The van der Waals surface area contributed by atoms with Gasteiger partial charge in [-0.3, -0.25) is 9.69 Å². The Hall–Kier alpha value is -1.92. The maximum absolute atomic E-state index is 13.8. The Morgan fingerprint density at radius 1 is 0.973 bits per heavy atom. The molecule has 3 aliphatic carbocycles. The van der Waals surface area contributed by atoms with E-state index in [0.717, 1.165) is 64.3 Å².